The van der Waals surface area contributed by atoms with Gasteiger partial charge in [-0.05, 0) is 12.1 Å². The van der Waals surface area contributed by atoms with Crippen LogP contribution < -0.4 is 10.6 Å². The van der Waals surface area contributed by atoms with Crippen LogP contribution in [0.1, 0.15) is 10.4 Å². The van der Waals surface area contributed by atoms with E-state index in [2.05, 4.69) is 11.1 Å². The van der Waals surface area contributed by atoms with Crippen LogP contribution in [0.4, 0.5) is 5.13 Å². The van der Waals surface area contributed by atoms with E-state index in [0.29, 0.717) is 11.1 Å². The number of hydrogen-bond acceptors (Lipinski definition) is 4. The SMILES string of the molecule is CN(C)c1nc2c(C(N)=O)[c]ccc2s1. The molecule has 0 aliphatic carbocycles. The molecule has 2 rings (SSSR count). The fourth-order valence-electron chi connectivity index (χ4n) is 1.26. The average molecular weight is 220 g/mol. The van der Waals surface area contributed by atoms with Crippen LogP contribution in [0.5, 0.6) is 0 Å². The van der Waals surface area contributed by atoms with Crippen LogP contribution in [0, 0.1) is 6.07 Å². The van der Waals surface area contributed by atoms with Crippen molar-refractivity contribution in [3.05, 3.63) is 23.8 Å². The second kappa shape index (κ2) is 3.51. The van der Waals surface area contributed by atoms with Gasteiger partial charge >= 0.3 is 0 Å². The lowest BCUT2D eigenvalue weighted by molar-refractivity contribution is 0.100. The summed E-state index contributed by atoms with van der Waals surface area (Å²) >= 11 is 1.52. The van der Waals surface area contributed by atoms with Crippen LogP contribution in [-0.2, 0) is 0 Å². The molecule has 0 bridgehead atoms. The van der Waals surface area contributed by atoms with Gasteiger partial charge in [0.05, 0.1) is 15.8 Å². The topological polar surface area (TPSA) is 59.2 Å². The smallest absolute Gasteiger partial charge is 0.251 e. The molecule has 0 atom stereocenters. The van der Waals surface area contributed by atoms with Gasteiger partial charge in [0.15, 0.2) is 5.13 Å². The molecule has 2 N–H and O–H groups in total. The third-order valence-corrected chi connectivity index (χ3v) is 3.16. The van der Waals surface area contributed by atoms with E-state index in [1.807, 2.05) is 25.1 Å². The molecule has 1 aromatic carbocycles. The molecule has 77 valence electrons. The molecule has 0 unspecified atom stereocenters. The highest BCUT2D eigenvalue weighted by Crippen LogP contribution is 2.29. The molecule has 0 saturated heterocycles. The predicted molar refractivity (Wildman–Crippen MR) is 61.3 cm³/mol. The van der Waals surface area contributed by atoms with Crippen LogP contribution in [-0.4, -0.2) is 25.0 Å². The summed E-state index contributed by atoms with van der Waals surface area (Å²) in [5, 5.41) is 0.854. The zero-order valence-corrected chi connectivity index (χ0v) is 9.26. The second-order valence-corrected chi connectivity index (χ2v) is 4.33. The summed E-state index contributed by atoms with van der Waals surface area (Å²) in [6.07, 6.45) is 0. The van der Waals surface area contributed by atoms with Gasteiger partial charge in [-0.15, -0.1) is 0 Å². The number of thiazole rings is 1. The zero-order chi connectivity index (χ0) is 11.0. The van der Waals surface area contributed by atoms with Gasteiger partial charge in [0.2, 0.25) is 0 Å². The minimum absolute atomic E-state index is 0.358. The molecule has 0 saturated carbocycles. The van der Waals surface area contributed by atoms with Crippen molar-refractivity contribution in [3.8, 4) is 0 Å². The molecule has 0 spiro atoms. The number of nitrogens with two attached hydrogens (primary N) is 1. The Morgan fingerprint density at radius 2 is 2.33 bits per heavy atom. The number of rotatable bonds is 2. The lowest BCUT2D eigenvalue weighted by atomic mass is 10.2. The van der Waals surface area contributed by atoms with Crippen molar-refractivity contribution in [2.45, 2.75) is 0 Å². The monoisotopic (exact) mass is 220 g/mol. The summed E-state index contributed by atoms with van der Waals surface area (Å²) in [4.78, 5) is 17.4. The Morgan fingerprint density at radius 1 is 1.60 bits per heavy atom. The first-order valence-electron chi connectivity index (χ1n) is 4.38. The first-order valence-corrected chi connectivity index (χ1v) is 5.19. The molecule has 1 radical (unpaired) electrons. The van der Waals surface area contributed by atoms with E-state index in [1.54, 1.807) is 6.07 Å². The first kappa shape index (κ1) is 9.92. The van der Waals surface area contributed by atoms with E-state index in [4.69, 9.17) is 5.73 Å². The average Bonchev–Trinajstić information content (AvgIpc) is 2.60. The largest absolute Gasteiger partial charge is 0.366 e. The number of hydrogen-bond donors (Lipinski definition) is 1. The highest BCUT2D eigenvalue weighted by Gasteiger charge is 2.12. The highest BCUT2D eigenvalue weighted by molar-refractivity contribution is 7.22. The van der Waals surface area contributed by atoms with Gasteiger partial charge in [-0.2, -0.15) is 0 Å². The molecular weight excluding hydrogens is 210 g/mol. The van der Waals surface area contributed by atoms with Crippen LogP contribution >= 0.6 is 11.3 Å². The standard InChI is InChI=1S/C10H10N3OS/c1-13(2)10-12-8-6(9(11)14)4-3-5-7(8)15-10/h3,5H,1-2H3,(H2,11,14). The summed E-state index contributed by atoms with van der Waals surface area (Å²) < 4.78 is 0.950. The molecule has 4 nitrogen and oxygen atoms in total. The number of benzene rings is 1. The number of amides is 1. The Bertz CT molecular complexity index is 518. The van der Waals surface area contributed by atoms with Crippen molar-refractivity contribution in [2.75, 3.05) is 19.0 Å². The summed E-state index contributed by atoms with van der Waals surface area (Å²) in [5.41, 5.74) is 6.24. The molecule has 1 amide bonds. The maximum Gasteiger partial charge on any atom is 0.251 e. The zero-order valence-electron chi connectivity index (χ0n) is 8.44. The van der Waals surface area contributed by atoms with Gasteiger partial charge in [0.1, 0.15) is 0 Å². The highest BCUT2D eigenvalue weighted by atomic mass is 32.1. The molecule has 0 aliphatic rings. The van der Waals surface area contributed by atoms with E-state index in [-0.39, 0.29) is 0 Å². The maximum absolute atomic E-state index is 11.1. The lowest BCUT2D eigenvalue weighted by Crippen LogP contribution is -2.12. The quantitative estimate of drug-likeness (QED) is 0.829. The Labute approximate surface area is 91.3 Å². The molecule has 15 heavy (non-hydrogen) atoms. The van der Waals surface area contributed by atoms with Crippen LogP contribution in [0.25, 0.3) is 10.2 Å². The number of fused-ring (bicyclic) bond motifs is 1. The third kappa shape index (κ3) is 1.66. The summed E-state index contributed by atoms with van der Waals surface area (Å²) in [6.45, 7) is 0. The van der Waals surface area contributed by atoms with E-state index >= 15 is 0 Å². The normalized spacial score (nSPS) is 10.5. The fourth-order valence-corrected chi connectivity index (χ4v) is 2.16. The van der Waals surface area contributed by atoms with Crippen molar-refractivity contribution in [1.29, 1.82) is 0 Å². The van der Waals surface area contributed by atoms with Gasteiger partial charge in [-0.25, -0.2) is 4.98 Å². The molecular formula is C10H10N3OS. The summed E-state index contributed by atoms with van der Waals surface area (Å²) in [7, 11) is 3.82. The van der Waals surface area contributed by atoms with Crippen molar-refractivity contribution in [2.24, 2.45) is 5.73 Å². The molecule has 1 aromatic heterocycles. The number of carbonyl (C=O) groups is 1. The Kier molecular flexibility index (Phi) is 2.32. The molecule has 5 heteroatoms. The van der Waals surface area contributed by atoms with Crippen molar-refractivity contribution in [1.82, 2.24) is 4.98 Å². The van der Waals surface area contributed by atoms with Gasteiger partial charge in [-0.1, -0.05) is 17.4 Å². The van der Waals surface area contributed by atoms with Crippen molar-refractivity contribution in [3.63, 3.8) is 0 Å². The fraction of sp³-hybridized carbons (Fsp3) is 0.200. The number of carbonyl (C=O) groups excluding carboxylic acids is 1. The first-order chi connectivity index (χ1) is 7.09. The summed E-state index contributed by atoms with van der Waals surface area (Å²) in [6, 6.07) is 6.39. The Hall–Kier alpha value is -1.62. The lowest BCUT2D eigenvalue weighted by Gasteiger charge is -2.04. The van der Waals surface area contributed by atoms with Crippen LogP contribution in [0.3, 0.4) is 0 Å². The predicted octanol–water partition coefficient (Wildman–Crippen LogP) is 1.26. The number of anilines is 1. The number of primary amides is 1. The van der Waals surface area contributed by atoms with Crippen LogP contribution in [0.2, 0.25) is 0 Å². The van der Waals surface area contributed by atoms with E-state index in [9.17, 15) is 4.79 Å². The molecule has 0 fully saturated rings. The molecule has 0 aliphatic heterocycles. The second-order valence-electron chi connectivity index (χ2n) is 3.32. The number of aromatic nitrogens is 1. The Morgan fingerprint density at radius 3 is 2.93 bits per heavy atom. The Balaban J connectivity index is 2.70. The van der Waals surface area contributed by atoms with E-state index in [0.717, 1.165) is 9.83 Å². The van der Waals surface area contributed by atoms with Crippen molar-refractivity contribution >= 4 is 32.6 Å². The number of nitrogens with zero attached hydrogens (tertiary/aromatic N) is 2. The molecule has 2 aromatic rings. The van der Waals surface area contributed by atoms with Crippen LogP contribution in [0.15, 0.2) is 12.1 Å². The van der Waals surface area contributed by atoms with E-state index < -0.39 is 5.91 Å². The van der Waals surface area contributed by atoms with Crippen molar-refractivity contribution < 1.29 is 4.79 Å². The summed E-state index contributed by atoms with van der Waals surface area (Å²) in [5.74, 6) is -0.490. The van der Waals surface area contributed by atoms with Gasteiger partial charge in [-0.3, -0.25) is 4.79 Å². The minimum atomic E-state index is -0.490. The maximum atomic E-state index is 11.1. The van der Waals surface area contributed by atoms with Gasteiger partial charge in [0.25, 0.3) is 5.91 Å². The molecule has 1 heterocycles. The third-order valence-electron chi connectivity index (χ3n) is 1.97. The minimum Gasteiger partial charge on any atom is -0.366 e. The van der Waals surface area contributed by atoms with E-state index in [1.165, 1.54) is 11.3 Å². The van der Waals surface area contributed by atoms with Gasteiger partial charge < -0.3 is 10.6 Å². The van der Waals surface area contributed by atoms with Gasteiger partial charge in [0, 0.05) is 14.1 Å².